The molecule has 13 heteroatoms. The summed E-state index contributed by atoms with van der Waals surface area (Å²) in [4.78, 5) is 13.4. The monoisotopic (exact) mass is 592 g/mol. The molecular weight excluding hydrogens is 568 g/mol. The van der Waals surface area contributed by atoms with Crippen molar-refractivity contribution < 1.29 is 65.3 Å². The molecule has 5 unspecified atom stereocenters. The molecular formula is C30H24O13. The summed E-state index contributed by atoms with van der Waals surface area (Å²) in [5.41, 5.74) is 0.122. The zero-order chi connectivity index (χ0) is 30.9. The summed E-state index contributed by atoms with van der Waals surface area (Å²) in [5, 5.41) is 103. The third-order valence-electron chi connectivity index (χ3n) is 7.62. The summed E-state index contributed by atoms with van der Waals surface area (Å²) in [7, 11) is 0. The molecule has 0 amide bonds. The maximum Gasteiger partial charge on any atom is 0.200 e. The maximum absolute atomic E-state index is 13.4. The van der Waals surface area contributed by atoms with Crippen molar-refractivity contribution in [3.8, 4) is 57.5 Å². The Balaban J connectivity index is 1.45. The number of ether oxygens (including phenoxy) is 2. The van der Waals surface area contributed by atoms with Crippen LogP contribution in [0.3, 0.4) is 0 Å². The number of hydrogen-bond acceptors (Lipinski definition) is 13. The number of fused-ring (bicyclic) bond motifs is 2. The van der Waals surface area contributed by atoms with Gasteiger partial charge >= 0.3 is 0 Å². The Labute approximate surface area is 241 Å². The number of phenolic OH excluding ortho intramolecular Hbond substituents is 8. The number of ketones is 1. The van der Waals surface area contributed by atoms with E-state index >= 15 is 0 Å². The van der Waals surface area contributed by atoms with Gasteiger partial charge in [0.1, 0.15) is 29.1 Å². The van der Waals surface area contributed by atoms with Crippen molar-refractivity contribution in [1.82, 2.24) is 0 Å². The van der Waals surface area contributed by atoms with Crippen LogP contribution in [0.4, 0.5) is 0 Å². The largest absolute Gasteiger partial charge is 0.508 e. The first-order valence-electron chi connectivity index (χ1n) is 12.8. The molecule has 43 heavy (non-hydrogen) atoms. The van der Waals surface area contributed by atoms with Crippen molar-refractivity contribution in [2.45, 2.75) is 30.3 Å². The fraction of sp³-hybridized carbons (Fsp3) is 0.167. The lowest BCUT2D eigenvalue weighted by atomic mass is 9.78. The van der Waals surface area contributed by atoms with Gasteiger partial charge in [-0.1, -0.05) is 6.07 Å². The maximum atomic E-state index is 13.4. The van der Waals surface area contributed by atoms with Gasteiger partial charge in [-0.2, -0.15) is 0 Å². The average Bonchev–Trinajstić information content (AvgIpc) is 2.96. The third-order valence-corrected chi connectivity index (χ3v) is 7.62. The Morgan fingerprint density at radius 3 is 1.67 bits per heavy atom. The van der Waals surface area contributed by atoms with E-state index in [-0.39, 0.29) is 39.5 Å². The number of aliphatic hydroxyl groups excluding tert-OH is 2. The molecule has 0 saturated heterocycles. The van der Waals surface area contributed by atoms with Gasteiger partial charge in [0.05, 0.1) is 5.56 Å². The highest BCUT2D eigenvalue weighted by molar-refractivity contribution is 6.03. The van der Waals surface area contributed by atoms with Crippen molar-refractivity contribution in [3.63, 3.8) is 0 Å². The van der Waals surface area contributed by atoms with E-state index in [4.69, 9.17) is 9.47 Å². The number of carbonyl (C=O) groups is 1. The van der Waals surface area contributed by atoms with Crippen LogP contribution < -0.4 is 9.47 Å². The molecule has 4 aromatic rings. The number of aliphatic hydroxyl groups is 2. The minimum atomic E-state index is -1.84. The van der Waals surface area contributed by atoms with E-state index in [1.54, 1.807) is 0 Å². The van der Waals surface area contributed by atoms with Gasteiger partial charge in [-0.25, -0.2) is 0 Å². The minimum absolute atomic E-state index is 0.00114. The summed E-state index contributed by atoms with van der Waals surface area (Å²) in [5.74, 6) is -7.12. The number of rotatable bonds is 3. The Morgan fingerprint density at radius 1 is 0.558 bits per heavy atom. The van der Waals surface area contributed by atoms with Crippen LogP contribution in [-0.4, -0.2) is 69.1 Å². The third kappa shape index (κ3) is 4.38. The Morgan fingerprint density at radius 2 is 1.09 bits per heavy atom. The molecule has 2 aliphatic rings. The number of aromatic hydroxyl groups is 8. The highest BCUT2D eigenvalue weighted by atomic mass is 16.5. The Bertz CT molecular complexity index is 1750. The van der Waals surface area contributed by atoms with E-state index in [0.717, 1.165) is 30.3 Å². The van der Waals surface area contributed by atoms with Crippen LogP contribution >= 0.6 is 0 Å². The van der Waals surface area contributed by atoms with Crippen LogP contribution in [0.25, 0.3) is 0 Å². The topological polar surface area (TPSA) is 238 Å². The SMILES string of the molecule is O=C1c2cc(C3c4ccc(O)cc4OC(c4cc(O)c(O)c(O)c4)C3O)c(O)cc2OC(c2cc(O)c(O)c(O)c2)C1O. The van der Waals surface area contributed by atoms with E-state index in [9.17, 15) is 55.9 Å². The molecule has 6 rings (SSSR count). The van der Waals surface area contributed by atoms with Crippen molar-refractivity contribution in [1.29, 1.82) is 0 Å². The van der Waals surface area contributed by atoms with Gasteiger partial charge in [-0.05, 0) is 36.4 Å². The molecule has 0 bridgehead atoms. The highest BCUT2D eigenvalue weighted by Crippen LogP contribution is 2.52. The van der Waals surface area contributed by atoms with Crippen LogP contribution in [0.2, 0.25) is 0 Å². The number of phenols is 8. The summed E-state index contributed by atoms with van der Waals surface area (Å²) in [6.45, 7) is 0. The first kappa shape index (κ1) is 27.6. The van der Waals surface area contributed by atoms with Crippen molar-refractivity contribution >= 4 is 5.78 Å². The molecule has 10 N–H and O–H groups in total. The smallest absolute Gasteiger partial charge is 0.200 e. The second-order valence-electron chi connectivity index (χ2n) is 10.3. The van der Waals surface area contributed by atoms with E-state index in [0.29, 0.717) is 5.56 Å². The molecule has 4 aromatic carbocycles. The second-order valence-corrected chi connectivity index (χ2v) is 10.3. The van der Waals surface area contributed by atoms with E-state index in [1.165, 1.54) is 24.3 Å². The predicted octanol–water partition coefficient (Wildman–Crippen LogP) is 2.64. The van der Waals surface area contributed by atoms with Crippen LogP contribution in [-0.2, 0) is 0 Å². The van der Waals surface area contributed by atoms with Crippen LogP contribution in [0.1, 0.15) is 50.7 Å². The molecule has 13 nitrogen and oxygen atoms in total. The van der Waals surface area contributed by atoms with E-state index in [2.05, 4.69) is 0 Å². The molecule has 0 saturated carbocycles. The molecule has 0 aliphatic carbocycles. The normalized spacial score (nSPS) is 22.7. The van der Waals surface area contributed by atoms with Crippen molar-refractivity contribution in [3.05, 3.63) is 82.4 Å². The highest BCUT2D eigenvalue weighted by Gasteiger charge is 2.43. The van der Waals surface area contributed by atoms with E-state index < -0.39 is 76.4 Å². The molecule has 0 spiro atoms. The lowest BCUT2D eigenvalue weighted by Crippen LogP contribution is -2.37. The van der Waals surface area contributed by atoms with Gasteiger partial charge in [0.15, 0.2) is 58.6 Å². The van der Waals surface area contributed by atoms with Gasteiger partial charge in [0, 0.05) is 40.3 Å². The standard InChI is InChI=1S/C30H24O13/c31-12-1-2-13-21(7-12)42-29(10-3-17(33)25(38)18(34)4-10)27(40)23(13)14-8-15-22(9-16(14)32)43-30(28(41)24(15)37)11-5-19(35)26(39)20(36)6-11/h1-9,23,27-36,38-41H. The molecule has 0 radical (unpaired) electrons. The average molecular weight is 593 g/mol. The Hall–Kier alpha value is -5.53. The summed E-state index contributed by atoms with van der Waals surface area (Å²) in [6.07, 6.45) is -6.12. The van der Waals surface area contributed by atoms with E-state index in [1.807, 2.05) is 0 Å². The number of hydrogen-bond donors (Lipinski definition) is 10. The molecule has 5 atom stereocenters. The first-order chi connectivity index (χ1) is 20.3. The van der Waals surface area contributed by atoms with Crippen LogP contribution in [0, 0.1) is 0 Å². The van der Waals surface area contributed by atoms with Crippen LogP contribution in [0.15, 0.2) is 54.6 Å². The second kappa shape index (κ2) is 9.79. The fourth-order valence-electron chi connectivity index (χ4n) is 5.52. The zero-order valence-electron chi connectivity index (χ0n) is 21.8. The number of benzene rings is 4. The van der Waals surface area contributed by atoms with Gasteiger partial charge < -0.3 is 60.5 Å². The van der Waals surface area contributed by atoms with Gasteiger partial charge in [-0.15, -0.1) is 0 Å². The van der Waals surface area contributed by atoms with Crippen LogP contribution in [0.5, 0.6) is 57.5 Å². The Kier molecular flexibility index (Phi) is 6.29. The summed E-state index contributed by atoms with van der Waals surface area (Å²) in [6, 6.07) is 10.4. The van der Waals surface area contributed by atoms with Gasteiger partial charge in [-0.3, -0.25) is 4.79 Å². The predicted molar refractivity (Wildman–Crippen MR) is 144 cm³/mol. The molecule has 2 heterocycles. The number of Topliss-reactive ketones (excluding diaryl/α,β-unsaturated/α-hetero) is 1. The number of carbonyl (C=O) groups excluding carboxylic acids is 1. The van der Waals surface area contributed by atoms with Gasteiger partial charge in [0.25, 0.3) is 0 Å². The first-order valence-corrected chi connectivity index (χ1v) is 12.8. The van der Waals surface area contributed by atoms with Gasteiger partial charge in [0.2, 0.25) is 0 Å². The van der Waals surface area contributed by atoms with Crippen molar-refractivity contribution in [2.75, 3.05) is 0 Å². The van der Waals surface area contributed by atoms with Crippen molar-refractivity contribution in [2.24, 2.45) is 0 Å². The zero-order valence-corrected chi connectivity index (χ0v) is 21.8. The fourth-order valence-corrected chi connectivity index (χ4v) is 5.52. The quantitative estimate of drug-likeness (QED) is 0.154. The molecule has 222 valence electrons. The summed E-state index contributed by atoms with van der Waals surface area (Å²) >= 11 is 0. The molecule has 0 aromatic heterocycles. The molecule has 0 fully saturated rings. The lowest BCUT2D eigenvalue weighted by Gasteiger charge is -2.38. The lowest BCUT2D eigenvalue weighted by molar-refractivity contribution is 0.00738. The summed E-state index contributed by atoms with van der Waals surface area (Å²) < 4.78 is 11.7. The molecule has 2 aliphatic heterocycles. The minimum Gasteiger partial charge on any atom is -0.508 e.